The molecule has 0 aliphatic heterocycles. The van der Waals surface area contributed by atoms with Gasteiger partial charge in [-0.25, -0.2) is 0 Å². The van der Waals surface area contributed by atoms with Crippen LogP contribution in [0, 0.1) is 13.8 Å². The van der Waals surface area contributed by atoms with Crippen LogP contribution < -0.4 is 10.1 Å². The number of methoxy groups -OCH3 is 1. The van der Waals surface area contributed by atoms with E-state index in [1.807, 2.05) is 31.2 Å². The van der Waals surface area contributed by atoms with Gasteiger partial charge in [-0.15, -0.1) is 5.10 Å². The van der Waals surface area contributed by atoms with Crippen molar-refractivity contribution < 1.29 is 9.53 Å². The van der Waals surface area contributed by atoms with Crippen molar-refractivity contribution in [1.82, 2.24) is 20.2 Å². The van der Waals surface area contributed by atoms with Crippen molar-refractivity contribution in [1.29, 1.82) is 0 Å². The third-order valence-corrected chi connectivity index (χ3v) is 3.77. The van der Waals surface area contributed by atoms with Gasteiger partial charge >= 0.3 is 0 Å². The predicted molar refractivity (Wildman–Crippen MR) is 99.3 cm³/mol. The van der Waals surface area contributed by atoms with E-state index in [9.17, 15) is 4.79 Å². The molecule has 0 aliphatic rings. The number of hydrogen-bond acceptors (Lipinski definition) is 5. The van der Waals surface area contributed by atoms with Crippen LogP contribution in [0.25, 0.3) is 11.8 Å². The highest BCUT2D eigenvalue weighted by molar-refractivity contribution is 6.02. The van der Waals surface area contributed by atoms with E-state index in [4.69, 9.17) is 4.74 Å². The molecule has 0 unspecified atom stereocenters. The summed E-state index contributed by atoms with van der Waals surface area (Å²) in [7, 11) is 1.57. The van der Waals surface area contributed by atoms with E-state index in [0.717, 1.165) is 11.1 Å². The van der Waals surface area contributed by atoms with Crippen molar-refractivity contribution in [3.05, 3.63) is 65.5 Å². The van der Waals surface area contributed by atoms with Crippen molar-refractivity contribution in [2.75, 3.05) is 12.4 Å². The van der Waals surface area contributed by atoms with Gasteiger partial charge in [-0.05, 0) is 54.1 Å². The van der Waals surface area contributed by atoms with Crippen LogP contribution in [-0.2, 0) is 4.79 Å². The van der Waals surface area contributed by atoms with Gasteiger partial charge in [0.05, 0.1) is 7.11 Å². The van der Waals surface area contributed by atoms with E-state index < -0.39 is 0 Å². The first kappa shape index (κ1) is 17.3. The Labute approximate surface area is 151 Å². The maximum atomic E-state index is 12.2. The number of nitrogens with one attached hydrogen (secondary N) is 1. The zero-order valence-corrected chi connectivity index (χ0v) is 14.8. The smallest absolute Gasteiger partial charge is 0.248 e. The summed E-state index contributed by atoms with van der Waals surface area (Å²) in [5.41, 5.74) is 3.38. The zero-order chi connectivity index (χ0) is 18.5. The third-order valence-electron chi connectivity index (χ3n) is 3.77. The number of aromatic nitrogens is 4. The lowest BCUT2D eigenvalue weighted by Gasteiger charge is -2.11. The van der Waals surface area contributed by atoms with Crippen molar-refractivity contribution in [2.45, 2.75) is 13.8 Å². The fourth-order valence-corrected chi connectivity index (χ4v) is 2.52. The van der Waals surface area contributed by atoms with Crippen molar-refractivity contribution >= 4 is 17.7 Å². The molecule has 7 nitrogen and oxygen atoms in total. The first-order chi connectivity index (χ1) is 12.6. The molecular weight excluding hydrogens is 330 g/mol. The molecule has 0 spiro atoms. The molecule has 2 aromatic carbocycles. The Morgan fingerprint density at radius 1 is 1.19 bits per heavy atom. The molecule has 0 saturated carbocycles. The van der Waals surface area contributed by atoms with Crippen LogP contribution >= 0.6 is 0 Å². The second-order valence-corrected chi connectivity index (χ2v) is 5.76. The number of rotatable bonds is 5. The molecule has 26 heavy (non-hydrogen) atoms. The van der Waals surface area contributed by atoms with Gasteiger partial charge in [0.2, 0.25) is 5.91 Å². The zero-order valence-electron chi connectivity index (χ0n) is 14.8. The SMILES string of the molecule is COc1ccc(NC(=O)/C=C/c2cccc(C)c2)cc1-n1nnnc1C. The van der Waals surface area contributed by atoms with Crippen LogP contribution in [0.15, 0.2) is 48.5 Å². The summed E-state index contributed by atoms with van der Waals surface area (Å²) in [4.78, 5) is 12.2. The highest BCUT2D eigenvalue weighted by Crippen LogP contribution is 2.26. The number of tetrazole rings is 1. The monoisotopic (exact) mass is 349 g/mol. The van der Waals surface area contributed by atoms with Crippen molar-refractivity contribution in [3.63, 3.8) is 0 Å². The van der Waals surface area contributed by atoms with Crippen LogP contribution in [0.4, 0.5) is 5.69 Å². The lowest BCUT2D eigenvalue weighted by atomic mass is 10.1. The van der Waals surface area contributed by atoms with E-state index >= 15 is 0 Å². The fraction of sp³-hybridized carbons (Fsp3) is 0.158. The average Bonchev–Trinajstić information content (AvgIpc) is 3.06. The molecule has 0 radical (unpaired) electrons. The second-order valence-electron chi connectivity index (χ2n) is 5.76. The summed E-state index contributed by atoms with van der Waals surface area (Å²) in [6.07, 6.45) is 3.28. The Morgan fingerprint density at radius 3 is 2.73 bits per heavy atom. The number of carbonyl (C=O) groups is 1. The van der Waals surface area contributed by atoms with Gasteiger partial charge in [-0.2, -0.15) is 4.68 Å². The molecule has 1 N–H and O–H groups in total. The molecule has 1 heterocycles. The van der Waals surface area contributed by atoms with Crippen LogP contribution in [0.2, 0.25) is 0 Å². The van der Waals surface area contributed by atoms with E-state index in [-0.39, 0.29) is 5.91 Å². The summed E-state index contributed by atoms with van der Waals surface area (Å²) < 4.78 is 6.91. The Balaban J connectivity index is 1.79. The molecule has 1 amide bonds. The summed E-state index contributed by atoms with van der Waals surface area (Å²) in [5.74, 6) is 0.996. The average molecular weight is 349 g/mol. The first-order valence-corrected chi connectivity index (χ1v) is 8.06. The minimum atomic E-state index is -0.226. The fourth-order valence-electron chi connectivity index (χ4n) is 2.52. The Morgan fingerprint density at radius 2 is 2.04 bits per heavy atom. The van der Waals surface area contributed by atoms with Gasteiger partial charge in [0.1, 0.15) is 11.4 Å². The van der Waals surface area contributed by atoms with Gasteiger partial charge in [0, 0.05) is 11.8 Å². The quantitative estimate of drug-likeness (QED) is 0.716. The Kier molecular flexibility index (Phi) is 5.07. The van der Waals surface area contributed by atoms with Crippen LogP contribution in [0.1, 0.15) is 17.0 Å². The molecule has 0 bridgehead atoms. The highest BCUT2D eigenvalue weighted by atomic mass is 16.5. The first-order valence-electron chi connectivity index (χ1n) is 8.06. The number of nitrogens with zero attached hydrogens (tertiary/aromatic N) is 4. The van der Waals surface area contributed by atoms with E-state index in [1.54, 1.807) is 43.0 Å². The van der Waals surface area contributed by atoms with Gasteiger partial charge in [-0.1, -0.05) is 29.8 Å². The largest absolute Gasteiger partial charge is 0.494 e. The van der Waals surface area contributed by atoms with E-state index in [2.05, 4.69) is 20.8 Å². The molecule has 1 aromatic heterocycles. The van der Waals surface area contributed by atoms with E-state index in [1.165, 1.54) is 6.08 Å². The number of carbonyl (C=O) groups excluding carboxylic acids is 1. The summed E-state index contributed by atoms with van der Waals surface area (Å²) in [5, 5.41) is 14.3. The second kappa shape index (κ2) is 7.60. The predicted octanol–water partition coefficient (Wildman–Crippen LogP) is 2.94. The minimum Gasteiger partial charge on any atom is -0.494 e. The number of ether oxygens (including phenoxy) is 1. The number of benzene rings is 2. The molecule has 3 aromatic rings. The van der Waals surface area contributed by atoms with Gasteiger partial charge in [0.15, 0.2) is 5.82 Å². The normalized spacial score (nSPS) is 10.9. The molecule has 0 saturated heterocycles. The topological polar surface area (TPSA) is 81.9 Å². The lowest BCUT2D eigenvalue weighted by molar-refractivity contribution is -0.111. The maximum absolute atomic E-state index is 12.2. The molecule has 0 aliphatic carbocycles. The van der Waals surface area contributed by atoms with Gasteiger partial charge in [-0.3, -0.25) is 4.79 Å². The number of amides is 1. The van der Waals surface area contributed by atoms with Crippen molar-refractivity contribution in [2.24, 2.45) is 0 Å². The molecule has 0 atom stereocenters. The third kappa shape index (κ3) is 3.94. The number of hydrogen-bond donors (Lipinski definition) is 1. The van der Waals surface area contributed by atoms with Gasteiger partial charge in [0.25, 0.3) is 0 Å². The summed E-state index contributed by atoms with van der Waals surface area (Å²) in [6, 6.07) is 13.2. The van der Waals surface area contributed by atoms with Gasteiger partial charge < -0.3 is 10.1 Å². The minimum absolute atomic E-state index is 0.226. The van der Waals surface area contributed by atoms with E-state index in [0.29, 0.717) is 22.9 Å². The van der Waals surface area contributed by atoms with Crippen molar-refractivity contribution in [3.8, 4) is 11.4 Å². The maximum Gasteiger partial charge on any atom is 0.248 e. The molecular formula is C19H19N5O2. The Bertz CT molecular complexity index is 962. The number of anilines is 1. The Hall–Kier alpha value is -3.48. The van der Waals surface area contributed by atoms with Crippen LogP contribution in [0.3, 0.4) is 0 Å². The molecule has 0 fully saturated rings. The summed E-state index contributed by atoms with van der Waals surface area (Å²) >= 11 is 0. The molecule has 3 rings (SSSR count). The lowest BCUT2D eigenvalue weighted by Crippen LogP contribution is -2.09. The standard InChI is InChI=1S/C19H19N5O2/c1-13-5-4-6-15(11-13)7-10-19(25)20-16-8-9-18(26-3)17(12-16)24-14(2)21-22-23-24/h4-12H,1-3H3,(H,20,25)/b10-7+. The molecule has 7 heteroatoms. The highest BCUT2D eigenvalue weighted by Gasteiger charge is 2.11. The summed E-state index contributed by atoms with van der Waals surface area (Å²) in [6.45, 7) is 3.80. The van der Waals surface area contributed by atoms with Crippen LogP contribution in [0.5, 0.6) is 5.75 Å². The number of aryl methyl sites for hydroxylation is 2. The van der Waals surface area contributed by atoms with Crippen LogP contribution in [-0.4, -0.2) is 33.2 Å². The molecule has 132 valence electrons.